The molecule has 2 aliphatic rings. The van der Waals surface area contributed by atoms with Crippen molar-refractivity contribution in [2.45, 2.75) is 45.1 Å². The zero-order valence-electron chi connectivity index (χ0n) is 14.5. The van der Waals surface area contributed by atoms with E-state index < -0.39 is 6.04 Å². The predicted octanol–water partition coefficient (Wildman–Crippen LogP) is 3.58. The number of anilines is 1. The molecule has 1 fully saturated rings. The Bertz CT molecular complexity index is 586. The van der Waals surface area contributed by atoms with Crippen molar-refractivity contribution in [3.05, 3.63) is 35.9 Å². The first-order valence-electron chi connectivity index (χ1n) is 9.07. The van der Waals surface area contributed by atoms with E-state index in [9.17, 15) is 4.79 Å². The number of carbonyl (C=O) groups excluding carboxylic acids is 1. The van der Waals surface area contributed by atoms with E-state index in [1.807, 2.05) is 12.1 Å². The highest BCUT2D eigenvalue weighted by Crippen LogP contribution is 2.30. The number of nitrogens with one attached hydrogen (secondary N) is 1. The maximum absolute atomic E-state index is 12.4. The minimum Gasteiger partial charge on any atom is -0.377 e. The van der Waals surface area contributed by atoms with Gasteiger partial charge in [0.1, 0.15) is 0 Å². The molecule has 1 amide bonds. The number of hydrogen-bond acceptors (Lipinski definition) is 3. The summed E-state index contributed by atoms with van der Waals surface area (Å²) in [4.78, 5) is 12.4. The molecule has 0 saturated heterocycles. The molecule has 1 aliphatic heterocycles. The van der Waals surface area contributed by atoms with Crippen LogP contribution in [0.4, 0.5) is 5.69 Å². The van der Waals surface area contributed by atoms with Gasteiger partial charge in [-0.3, -0.25) is 4.79 Å². The maximum atomic E-state index is 12.4. The first-order valence-corrected chi connectivity index (χ1v) is 9.07. The van der Waals surface area contributed by atoms with Crippen molar-refractivity contribution in [3.63, 3.8) is 0 Å². The highest BCUT2D eigenvalue weighted by Gasteiger charge is 2.28. The summed E-state index contributed by atoms with van der Waals surface area (Å²) in [7, 11) is 0. The number of carbonyl (C=O) groups is 1. The molecule has 1 heterocycles. The number of rotatable bonds is 4. The van der Waals surface area contributed by atoms with Gasteiger partial charge in [0, 0.05) is 5.69 Å². The van der Waals surface area contributed by atoms with Crippen LogP contribution in [0.2, 0.25) is 0 Å². The average Bonchev–Trinajstić information content (AvgIpc) is 2.63. The summed E-state index contributed by atoms with van der Waals surface area (Å²) in [6, 6.07) is 7.62. The molecule has 4 nitrogen and oxygen atoms in total. The van der Waals surface area contributed by atoms with E-state index in [0.29, 0.717) is 12.5 Å². The summed E-state index contributed by atoms with van der Waals surface area (Å²) in [5.41, 5.74) is 9.52. The summed E-state index contributed by atoms with van der Waals surface area (Å²) in [6.07, 6.45) is 7.54. The van der Waals surface area contributed by atoms with Gasteiger partial charge >= 0.3 is 0 Å². The van der Waals surface area contributed by atoms with Gasteiger partial charge in [0.2, 0.25) is 5.91 Å². The van der Waals surface area contributed by atoms with Crippen molar-refractivity contribution in [2.24, 2.45) is 17.6 Å². The van der Waals surface area contributed by atoms with Gasteiger partial charge < -0.3 is 15.8 Å². The van der Waals surface area contributed by atoms with Crippen LogP contribution >= 0.6 is 0 Å². The third-order valence-corrected chi connectivity index (χ3v) is 5.36. The molecule has 0 aromatic heterocycles. The van der Waals surface area contributed by atoms with E-state index in [-0.39, 0.29) is 5.91 Å². The Hall–Kier alpha value is -1.65. The van der Waals surface area contributed by atoms with Crippen LogP contribution in [0.3, 0.4) is 0 Å². The van der Waals surface area contributed by atoms with Gasteiger partial charge in [0.15, 0.2) is 0 Å². The second-order valence-electron chi connectivity index (χ2n) is 7.17. The fourth-order valence-corrected chi connectivity index (χ4v) is 3.64. The topological polar surface area (TPSA) is 64.4 Å². The minimum absolute atomic E-state index is 0.0624. The second kappa shape index (κ2) is 7.95. The van der Waals surface area contributed by atoms with Gasteiger partial charge in [-0.2, -0.15) is 0 Å². The SMILES string of the molecule is CC1CCC(C(N)C(=O)Nc2ccc(C3=CCOCC3)cc2)CC1. The van der Waals surface area contributed by atoms with Crippen molar-refractivity contribution in [1.29, 1.82) is 0 Å². The van der Waals surface area contributed by atoms with Crippen molar-refractivity contribution in [3.8, 4) is 0 Å². The van der Waals surface area contributed by atoms with Gasteiger partial charge in [0.05, 0.1) is 19.3 Å². The molecule has 130 valence electrons. The zero-order valence-corrected chi connectivity index (χ0v) is 14.5. The van der Waals surface area contributed by atoms with Crippen LogP contribution in [0, 0.1) is 11.8 Å². The van der Waals surface area contributed by atoms with E-state index in [4.69, 9.17) is 10.5 Å². The molecule has 0 radical (unpaired) electrons. The smallest absolute Gasteiger partial charge is 0.241 e. The lowest BCUT2D eigenvalue weighted by Gasteiger charge is -2.29. The maximum Gasteiger partial charge on any atom is 0.241 e. The van der Waals surface area contributed by atoms with Gasteiger partial charge in [-0.05, 0) is 54.4 Å². The molecule has 1 unspecified atom stereocenters. The molecule has 0 spiro atoms. The minimum atomic E-state index is -0.407. The Labute approximate surface area is 144 Å². The van der Waals surface area contributed by atoms with E-state index in [2.05, 4.69) is 30.4 Å². The van der Waals surface area contributed by atoms with Crippen LogP contribution in [0.1, 0.15) is 44.6 Å². The van der Waals surface area contributed by atoms with Gasteiger partial charge in [-0.25, -0.2) is 0 Å². The summed E-state index contributed by atoms with van der Waals surface area (Å²) in [5.74, 6) is 1.02. The molecule has 1 atom stereocenters. The normalized spacial score (nSPS) is 25.7. The molecule has 24 heavy (non-hydrogen) atoms. The highest BCUT2D eigenvalue weighted by molar-refractivity contribution is 5.95. The van der Waals surface area contributed by atoms with Gasteiger partial charge in [0.25, 0.3) is 0 Å². The Morgan fingerprint density at radius 1 is 1.21 bits per heavy atom. The molecular formula is C20H28N2O2. The van der Waals surface area contributed by atoms with E-state index in [1.165, 1.54) is 24.0 Å². The molecule has 1 saturated carbocycles. The average molecular weight is 328 g/mol. The Morgan fingerprint density at radius 2 is 1.92 bits per heavy atom. The molecule has 1 aromatic rings. The van der Waals surface area contributed by atoms with Crippen molar-refractivity contribution in [2.75, 3.05) is 18.5 Å². The summed E-state index contributed by atoms with van der Waals surface area (Å²) < 4.78 is 5.34. The molecule has 4 heteroatoms. The fraction of sp³-hybridized carbons (Fsp3) is 0.550. The molecule has 3 N–H and O–H groups in total. The number of benzene rings is 1. The van der Waals surface area contributed by atoms with Crippen molar-refractivity contribution in [1.82, 2.24) is 0 Å². The van der Waals surface area contributed by atoms with Crippen LogP contribution in [-0.2, 0) is 9.53 Å². The first-order chi connectivity index (χ1) is 11.6. The standard InChI is InChI=1S/C20H28N2O2/c1-14-2-4-17(5-3-14)19(21)20(23)22-18-8-6-15(7-9-18)16-10-12-24-13-11-16/h6-10,14,17,19H,2-5,11-13,21H2,1H3,(H,22,23). The largest absolute Gasteiger partial charge is 0.377 e. The lowest BCUT2D eigenvalue weighted by Crippen LogP contribution is -2.43. The molecule has 0 bridgehead atoms. The zero-order chi connectivity index (χ0) is 16.9. The molecule has 3 rings (SSSR count). The number of nitrogens with two attached hydrogens (primary N) is 1. The third-order valence-electron chi connectivity index (χ3n) is 5.36. The second-order valence-corrected chi connectivity index (χ2v) is 7.17. The predicted molar refractivity (Wildman–Crippen MR) is 97.6 cm³/mol. The molecular weight excluding hydrogens is 300 g/mol. The number of hydrogen-bond donors (Lipinski definition) is 2. The Balaban J connectivity index is 1.57. The summed E-state index contributed by atoms with van der Waals surface area (Å²) in [6.45, 7) is 3.74. The van der Waals surface area contributed by atoms with Gasteiger partial charge in [-0.15, -0.1) is 0 Å². The molecule has 1 aliphatic carbocycles. The highest BCUT2D eigenvalue weighted by atomic mass is 16.5. The Kier molecular flexibility index (Phi) is 5.69. The molecule has 1 aromatic carbocycles. The van der Waals surface area contributed by atoms with E-state index >= 15 is 0 Å². The van der Waals surface area contributed by atoms with Crippen LogP contribution in [0.25, 0.3) is 5.57 Å². The van der Waals surface area contributed by atoms with Gasteiger partial charge in [-0.1, -0.05) is 38.0 Å². The Morgan fingerprint density at radius 3 is 2.54 bits per heavy atom. The number of amides is 1. The third kappa shape index (κ3) is 4.25. The van der Waals surface area contributed by atoms with Crippen LogP contribution in [-0.4, -0.2) is 25.2 Å². The lowest BCUT2D eigenvalue weighted by molar-refractivity contribution is -0.118. The first kappa shape index (κ1) is 17.2. The van der Waals surface area contributed by atoms with Crippen LogP contribution in [0.15, 0.2) is 30.3 Å². The quantitative estimate of drug-likeness (QED) is 0.888. The van der Waals surface area contributed by atoms with E-state index in [1.54, 1.807) is 0 Å². The van der Waals surface area contributed by atoms with Crippen molar-refractivity contribution >= 4 is 17.2 Å². The van der Waals surface area contributed by atoms with Crippen LogP contribution in [0.5, 0.6) is 0 Å². The number of ether oxygens (including phenoxy) is 1. The fourth-order valence-electron chi connectivity index (χ4n) is 3.64. The monoisotopic (exact) mass is 328 g/mol. The van der Waals surface area contributed by atoms with E-state index in [0.717, 1.165) is 37.5 Å². The van der Waals surface area contributed by atoms with Crippen LogP contribution < -0.4 is 11.1 Å². The summed E-state index contributed by atoms with van der Waals surface area (Å²) in [5, 5.41) is 2.97. The summed E-state index contributed by atoms with van der Waals surface area (Å²) >= 11 is 0. The van der Waals surface area contributed by atoms with Crippen molar-refractivity contribution < 1.29 is 9.53 Å². The lowest BCUT2D eigenvalue weighted by atomic mass is 9.79.